The summed E-state index contributed by atoms with van der Waals surface area (Å²) in [5, 5.41) is 11.1. The Morgan fingerprint density at radius 2 is 1.66 bits per heavy atom. The maximum Gasteiger partial charge on any atom is 0.289 e. The van der Waals surface area contributed by atoms with Gasteiger partial charge in [-0.25, -0.2) is 4.98 Å². The predicted molar refractivity (Wildman–Crippen MR) is 176 cm³/mol. The fourth-order valence-electron chi connectivity index (χ4n) is 6.45. The van der Waals surface area contributed by atoms with Crippen LogP contribution in [0.3, 0.4) is 0 Å². The number of aromatic nitrogens is 2. The van der Waals surface area contributed by atoms with E-state index in [4.69, 9.17) is 0 Å². The minimum Gasteiger partial charge on any atom is -0.347 e. The maximum atomic E-state index is 14.4. The third kappa shape index (κ3) is 9.35. The summed E-state index contributed by atoms with van der Waals surface area (Å²) in [7, 11) is 0. The minimum atomic E-state index is -1.02. The van der Waals surface area contributed by atoms with E-state index in [-0.39, 0.29) is 35.9 Å². The van der Waals surface area contributed by atoms with E-state index in [9.17, 15) is 28.8 Å². The van der Waals surface area contributed by atoms with Crippen molar-refractivity contribution < 1.29 is 28.8 Å². The molecule has 7 atom stereocenters. The van der Waals surface area contributed by atoms with Crippen LogP contribution in [-0.2, 0) is 24.0 Å². The first-order valence-corrected chi connectivity index (χ1v) is 16.9. The van der Waals surface area contributed by atoms with Crippen molar-refractivity contribution in [2.24, 2.45) is 23.2 Å². The van der Waals surface area contributed by atoms with Crippen molar-refractivity contribution in [3.05, 3.63) is 24.3 Å². The molecule has 1 unspecified atom stereocenters. The zero-order valence-electron chi connectivity index (χ0n) is 29.1. The molecular formula is C34H53N7O6. The number of ketones is 1. The molecule has 13 nitrogen and oxygen atoms in total. The zero-order valence-corrected chi connectivity index (χ0v) is 29.1. The lowest BCUT2D eigenvalue weighted by Crippen LogP contribution is -2.62. The van der Waals surface area contributed by atoms with Crippen molar-refractivity contribution in [2.75, 3.05) is 6.54 Å². The quantitative estimate of drug-likeness (QED) is 0.220. The Hall–Kier alpha value is -3.90. The molecule has 1 aliphatic heterocycles. The highest BCUT2D eigenvalue weighted by Crippen LogP contribution is 2.43. The largest absolute Gasteiger partial charge is 0.347 e. The lowest BCUT2D eigenvalue weighted by atomic mass is 9.85. The molecule has 1 aromatic heterocycles. The Bertz CT molecular complexity index is 1300. The number of Topliss-reactive ketones (excluding diaryl/α,β-unsaturated/α-hetero) is 1. The van der Waals surface area contributed by atoms with E-state index in [0.717, 1.165) is 19.3 Å². The van der Waals surface area contributed by atoms with E-state index in [1.807, 2.05) is 34.6 Å². The van der Waals surface area contributed by atoms with Gasteiger partial charge < -0.3 is 26.2 Å². The number of rotatable bonds is 14. The molecule has 2 heterocycles. The molecule has 260 valence electrons. The molecular weight excluding hydrogens is 602 g/mol. The second-order valence-corrected chi connectivity index (χ2v) is 14.4. The third-order valence-corrected chi connectivity index (χ3v) is 9.30. The van der Waals surface area contributed by atoms with Crippen LogP contribution in [-0.4, -0.2) is 86.9 Å². The van der Waals surface area contributed by atoms with Gasteiger partial charge >= 0.3 is 0 Å². The molecule has 2 fully saturated rings. The molecule has 13 heteroatoms. The fraction of sp³-hybridized carbons (Fsp3) is 0.706. The second-order valence-electron chi connectivity index (χ2n) is 14.4. The molecule has 2 aliphatic rings. The highest BCUT2D eigenvalue weighted by Gasteiger charge is 2.52. The normalized spacial score (nSPS) is 21.6. The first kappa shape index (κ1) is 37.6. The molecule has 0 spiro atoms. The Morgan fingerprint density at radius 1 is 0.957 bits per heavy atom. The Labute approximate surface area is 278 Å². The van der Waals surface area contributed by atoms with Crippen LogP contribution >= 0.6 is 0 Å². The standard InChI is InChI=1S/C34H53N7O6/c1-9-12-23(27(42)32(46)37-20(5)10-2)38-31(45)26-22-14-11-13-21(22)18-41(26)33(47)28(34(6,7)8)40-30(44)25(19(3)4)39-29(43)24-17-35-15-16-36-24/h15-17,19-23,25-26,28H,9-14,18H2,1-8H3,(H,37,46)(H,38,45)(H,39,43)(H,40,44)/t20-,21-,22-,23?,25-,26-,28+/m0/s1. The number of nitrogens with zero attached hydrogens (tertiary/aromatic N) is 3. The average Bonchev–Trinajstić information content (AvgIpc) is 3.62. The summed E-state index contributed by atoms with van der Waals surface area (Å²) in [6.45, 7) is 15.0. The molecule has 47 heavy (non-hydrogen) atoms. The van der Waals surface area contributed by atoms with Gasteiger partial charge in [0.2, 0.25) is 23.5 Å². The Morgan fingerprint density at radius 3 is 2.23 bits per heavy atom. The minimum absolute atomic E-state index is 0.0593. The number of carbonyl (C=O) groups excluding carboxylic acids is 6. The molecule has 1 saturated heterocycles. The average molecular weight is 656 g/mol. The van der Waals surface area contributed by atoms with Gasteiger partial charge in [-0.15, -0.1) is 0 Å². The van der Waals surface area contributed by atoms with Crippen molar-refractivity contribution in [3.8, 4) is 0 Å². The van der Waals surface area contributed by atoms with E-state index >= 15 is 0 Å². The van der Waals surface area contributed by atoms with Crippen LogP contribution in [0.15, 0.2) is 18.6 Å². The summed E-state index contributed by atoms with van der Waals surface area (Å²) in [5.41, 5.74) is -0.694. The van der Waals surface area contributed by atoms with Crippen LogP contribution < -0.4 is 21.3 Å². The predicted octanol–water partition coefficient (Wildman–Crippen LogP) is 2.16. The number of amides is 5. The Balaban J connectivity index is 1.85. The number of hydrogen-bond donors (Lipinski definition) is 4. The molecule has 0 radical (unpaired) electrons. The van der Waals surface area contributed by atoms with Gasteiger partial charge in [-0.1, -0.05) is 61.3 Å². The number of carbonyl (C=O) groups is 6. The fourth-order valence-corrected chi connectivity index (χ4v) is 6.45. The van der Waals surface area contributed by atoms with Gasteiger partial charge in [0.15, 0.2) is 0 Å². The highest BCUT2D eigenvalue weighted by molar-refractivity contribution is 6.38. The highest BCUT2D eigenvalue weighted by atomic mass is 16.2. The van der Waals surface area contributed by atoms with E-state index in [1.165, 1.54) is 18.6 Å². The van der Waals surface area contributed by atoms with Crippen molar-refractivity contribution in [1.29, 1.82) is 0 Å². The molecule has 4 N–H and O–H groups in total. The van der Waals surface area contributed by atoms with Crippen molar-refractivity contribution in [3.63, 3.8) is 0 Å². The van der Waals surface area contributed by atoms with E-state index in [2.05, 4.69) is 31.2 Å². The third-order valence-electron chi connectivity index (χ3n) is 9.30. The van der Waals surface area contributed by atoms with Crippen molar-refractivity contribution in [2.45, 2.75) is 124 Å². The molecule has 0 aromatic carbocycles. The monoisotopic (exact) mass is 655 g/mol. The van der Waals surface area contributed by atoms with Gasteiger partial charge in [-0.05, 0) is 55.8 Å². The van der Waals surface area contributed by atoms with E-state index in [1.54, 1.807) is 25.7 Å². The maximum absolute atomic E-state index is 14.4. The van der Waals surface area contributed by atoms with Crippen LogP contribution in [0.2, 0.25) is 0 Å². The van der Waals surface area contributed by atoms with Gasteiger partial charge in [0, 0.05) is 25.0 Å². The van der Waals surface area contributed by atoms with Crippen LogP contribution in [0.5, 0.6) is 0 Å². The lowest BCUT2D eigenvalue weighted by molar-refractivity contribution is -0.146. The van der Waals surface area contributed by atoms with Gasteiger partial charge in [0.25, 0.3) is 11.8 Å². The van der Waals surface area contributed by atoms with Crippen molar-refractivity contribution in [1.82, 2.24) is 36.1 Å². The second kappa shape index (κ2) is 16.3. The van der Waals surface area contributed by atoms with Crippen LogP contribution in [0, 0.1) is 23.2 Å². The molecule has 3 rings (SSSR count). The summed E-state index contributed by atoms with van der Waals surface area (Å²) in [4.78, 5) is 90.3. The summed E-state index contributed by atoms with van der Waals surface area (Å²) in [5.74, 6) is -3.73. The molecule has 0 bridgehead atoms. The van der Waals surface area contributed by atoms with E-state index < -0.39 is 64.9 Å². The zero-order chi connectivity index (χ0) is 35.1. The van der Waals surface area contributed by atoms with Crippen molar-refractivity contribution >= 4 is 35.3 Å². The first-order valence-electron chi connectivity index (χ1n) is 16.9. The van der Waals surface area contributed by atoms with Crippen LogP contribution in [0.25, 0.3) is 0 Å². The Kier molecular flexibility index (Phi) is 13.0. The SMILES string of the molecule is CCCC(NC(=O)[C@@H]1[C@H]2CCC[C@H]2CN1C(=O)[C@@H](NC(=O)[C@@H](NC(=O)c1cnccn1)C(C)C)C(C)(C)C)C(=O)C(=O)N[C@@H](C)CC. The topological polar surface area (TPSA) is 180 Å². The molecule has 5 amide bonds. The number of fused-ring (bicyclic) bond motifs is 1. The summed E-state index contributed by atoms with van der Waals surface area (Å²) >= 11 is 0. The van der Waals surface area contributed by atoms with Gasteiger partial charge in [0.1, 0.15) is 23.8 Å². The summed E-state index contributed by atoms with van der Waals surface area (Å²) in [6, 6.07) is -4.04. The lowest BCUT2D eigenvalue weighted by Gasteiger charge is -2.37. The van der Waals surface area contributed by atoms with Gasteiger partial charge in [-0.3, -0.25) is 33.8 Å². The van der Waals surface area contributed by atoms with Crippen LogP contribution in [0.1, 0.15) is 104 Å². The van der Waals surface area contributed by atoms with E-state index in [0.29, 0.717) is 19.4 Å². The smallest absolute Gasteiger partial charge is 0.289 e. The number of nitrogens with one attached hydrogen (secondary N) is 4. The van der Waals surface area contributed by atoms with Gasteiger partial charge in [0.05, 0.1) is 12.2 Å². The molecule has 1 aliphatic carbocycles. The number of hydrogen-bond acceptors (Lipinski definition) is 8. The first-order chi connectivity index (χ1) is 22.1. The van der Waals surface area contributed by atoms with Crippen LogP contribution in [0.4, 0.5) is 0 Å². The number of likely N-dealkylation sites (tertiary alicyclic amines) is 1. The van der Waals surface area contributed by atoms with Gasteiger partial charge in [-0.2, -0.15) is 0 Å². The summed E-state index contributed by atoms with van der Waals surface area (Å²) in [6.07, 6.45) is 8.18. The molecule has 1 saturated carbocycles. The summed E-state index contributed by atoms with van der Waals surface area (Å²) < 4.78 is 0. The molecule has 1 aromatic rings.